The number of benzene rings is 1. The SMILES string of the molecule is CC(C)C[C@@H](C)C(=O)OCc1ccccc1.C[C@@H](N)CC1(C)N=N1. The Morgan fingerprint density at radius 2 is 1.75 bits per heavy atom. The number of ether oxygens (including phenoxy) is 1. The summed E-state index contributed by atoms with van der Waals surface area (Å²) in [6.07, 6.45) is 1.76. The van der Waals surface area contributed by atoms with Crippen LogP contribution >= 0.6 is 0 Å². The summed E-state index contributed by atoms with van der Waals surface area (Å²) in [7, 11) is 0. The van der Waals surface area contributed by atoms with Crippen molar-refractivity contribution in [2.45, 2.75) is 65.8 Å². The molecular weight excluding hydrogens is 302 g/mol. The van der Waals surface area contributed by atoms with Crippen molar-refractivity contribution in [2.24, 2.45) is 27.8 Å². The summed E-state index contributed by atoms with van der Waals surface area (Å²) < 4.78 is 5.25. The van der Waals surface area contributed by atoms with Crippen molar-refractivity contribution >= 4 is 5.97 Å². The molecule has 0 aromatic heterocycles. The lowest BCUT2D eigenvalue weighted by atomic mass is 9.99. The normalized spacial score (nSPS) is 16.8. The summed E-state index contributed by atoms with van der Waals surface area (Å²) in [5.74, 6) is 0.417. The van der Waals surface area contributed by atoms with Crippen LogP contribution in [0.3, 0.4) is 0 Å². The Morgan fingerprint density at radius 3 is 2.17 bits per heavy atom. The highest BCUT2D eigenvalue weighted by atomic mass is 16.5. The van der Waals surface area contributed by atoms with Gasteiger partial charge in [0.15, 0.2) is 5.66 Å². The van der Waals surface area contributed by atoms with Crippen molar-refractivity contribution < 1.29 is 9.53 Å². The zero-order valence-corrected chi connectivity index (χ0v) is 15.5. The van der Waals surface area contributed by atoms with E-state index >= 15 is 0 Å². The van der Waals surface area contributed by atoms with Gasteiger partial charge in [-0.05, 0) is 31.7 Å². The Hall–Kier alpha value is -1.75. The molecule has 134 valence electrons. The maximum Gasteiger partial charge on any atom is 0.308 e. The predicted octanol–water partition coefficient (Wildman–Crippen LogP) is 4.32. The zero-order chi connectivity index (χ0) is 18.2. The van der Waals surface area contributed by atoms with Gasteiger partial charge in [0.05, 0.1) is 5.92 Å². The third kappa shape index (κ3) is 8.77. The van der Waals surface area contributed by atoms with Crippen molar-refractivity contribution in [3.8, 4) is 0 Å². The quantitative estimate of drug-likeness (QED) is 0.755. The van der Waals surface area contributed by atoms with Crippen LogP contribution in [0, 0.1) is 11.8 Å². The first-order chi connectivity index (χ1) is 11.2. The number of hydrogen-bond donors (Lipinski definition) is 1. The fourth-order valence-corrected chi connectivity index (χ4v) is 2.45. The van der Waals surface area contributed by atoms with Gasteiger partial charge in [-0.1, -0.05) is 51.1 Å². The maximum absolute atomic E-state index is 11.6. The molecule has 0 aliphatic carbocycles. The molecule has 0 fully saturated rings. The highest BCUT2D eigenvalue weighted by Crippen LogP contribution is 2.31. The average molecular weight is 333 g/mol. The van der Waals surface area contributed by atoms with Crippen molar-refractivity contribution in [1.82, 2.24) is 0 Å². The molecule has 1 aliphatic rings. The Morgan fingerprint density at radius 1 is 1.17 bits per heavy atom. The highest BCUT2D eigenvalue weighted by Gasteiger charge is 2.34. The Balaban J connectivity index is 0.000000300. The first-order valence-corrected chi connectivity index (χ1v) is 8.62. The van der Waals surface area contributed by atoms with E-state index in [9.17, 15) is 4.79 Å². The lowest BCUT2D eigenvalue weighted by Crippen LogP contribution is -2.22. The van der Waals surface area contributed by atoms with Gasteiger partial charge < -0.3 is 10.5 Å². The van der Waals surface area contributed by atoms with Gasteiger partial charge in [0.1, 0.15) is 6.61 Å². The lowest BCUT2D eigenvalue weighted by Gasteiger charge is -2.13. The number of esters is 1. The molecule has 0 bridgehead atoms. The summed E-state index contributed by atoms with van der Waals surface area (Å²) >= 11 is 0. The molecule has 5 heteroatoms. The molecule has 0 unspecified atom stereocenters. The van der Waals surface area contributed by atoms with Crippen LogP contribution in [0.4, 0.5) is 0 Å². The second-order valence-electron chi connectivity index (χ2n) is 7.22. The Bertz CT molecular complexity index is 521. The standard InChI is InChI=1S/C14H20O2.C5H11N3/c1-11(2)9-12(3)14(15)16-10-13-7-5-4-6-8-13;1-4(6)3-5(2)7-8-5/h4-8,11-12H,9-10H2,1-3H3;4H,3,6H2,1-2H3/t12-;4-/m11/s1. The van der Waals surface area contributed by atoms with E-state index in [0.29, 0.717) is 12.5 Å². The van der Waals surface area contributed by atoms with Gasteiger partial charge in [0.2, 0.25) is 0 Å². The van der Waals surface area contributed by atoms with Crippen LogP contribution in [0.25, 0.3) is 0 Å². The monoisotopic (exact) mass is 333 g/mol. The first-order valence-electron chi connectivity index (χ1n) is 8.62. The van der Waals surface area contributed by atoms with Crippen molar-refractivity contribution in [2.75, 3.05) is 0 Å². The zero-order valence-electron chi connectivity index (χ0n) is 15.5. The maximum atomic E-state index is 11.6. The van der Waals surface area contributed by atoms with Gasteiger partial charge in [0.25, 0.3) is 0 Å². The number of rotatable bonds is 7. The molecule has 0 amide bonds. The number of hydrogen-bond acceptors (Lipinski definition) is 5. The molecule has 0 saturated heterocycles. The van der Waals surface area contributed by atoms with Crippen molar-refractivity contribution in [1.29, 1.82) is 0 Å². The minimum Gasteiger partial charge on any atom is -0.461 e. The van der Waals surface area contributed by atoms with Gasteiger partial charge in [-0.15, -0.1) is 0 Å². The number of carbonyl (C=O) groups is 1. The smallest absolute Gasteiger partial charge is 0.308 e. The van der Waals surface area contributed by atoms with Crippen molar-refractivity contribution in [3.05, 3.63) is 35.9 Å². The van der Waals surface area contributed by atoms with Gasteiger partial charge in [-0.3, -0.25) is 4.79 Å². The number of carbonyl (C=O) groups excluding carboxylic acids is 1. The van der Waals surface area contributed by atoms with Gasteiger partial charge >= 0.3 is 5.97 Å². The molecule has 2 rings (SSSR count). The largest absolute Gasteiger partial charge is 0.461 e. The summed E-state index contributed by atoms with van der Waals surface area (Å²) in [6.45, 7) is 10.5. The van der Waals surface area contributed by atoms with Crippen LogP contribution in [-0.2, 0) is 16.1 Å². The minimum atomic E-state index is -0.103. The van der Waals surface area contributed by atoms with Crippen molar-refractivity contribution in [3.63, 3.8) is 0 Å². The molecule has 0 radical (unpaired) electrons. The molecule has 1 aromatic rings. The first kappa shape index (κ1) is 20.3. The molecule has 5 nitrogen and oxygen atoms in total. The summed E-state index contributed by atoms with van der Waals surface area (Å²) in [5.41, 5.74) is 6.43. The lowest BCUT2D eigenvalue weighted by molar-refractivity contribution is -0.149. The van der Waals surface area contributed by atoms with E-state index in [1.54, 1.807) is 0 Å². The van der Waals surface area contributed by atoms with Gasteiger partial charge in [0, 0.05) is 12.5 Å². The third-order valence-corrected chi connectivity index (χ3v) is 3.60. The molecular formula is C19H31N3O2. The topological polar surface area (TPSA) is 77.0 Å². The van der Waals surface area contributed by atoms with E-state index in [1.165, 1.54) is 0 Å². The molecule has 1 aromatic carbocycles. The summed E-state index contributed by atoms with van der Waals surface area (Å²) in [4.78, 5) is 11.6. The Kier molecular flexibility index (Phi) is 8.05. The van der Waals surface area contributed by atoms with Crippen LogP contribution in [0.15, 0.2) is 40.6 Å². The number of nitrogens with two attached hydrogens (primary N) is 1. The van der Waals surface area contributed by atoms with Gasteiger partial charge in [-0.2, -0.15) is 10.2 Å². The van der Waals surface area contributed by atoms with Gasteiger partial charge in [-0.25, -0.2) is 0 Å². The summed E-state index contributed by atoms with van der Waals surface area (Å²) in [5, 5.41) is 7.64. The van der Waals surface area contributed by atoms with E-state index in [0.717, 1.165) is 18.4 Å². The second-order valence-corrected chi connectivity index (χ2v) is 7.22. The van der Waals surface area contributed by atoms with Crippen LogP contribution in [-0.4, -0.2) is 17.7 Å². The van der Waals surface area contributed by atoms with E-state index in [2.05, 4.69) is 24.1 Å². The molecule has 24 heavy (non-hydrogen) atoms. The van der Waals surface area contributed by atoms with E-state index in [4.69, 9.17) is 10.5 Å². The predicted molar refractivity (Wildman–Crippen MR) is 96.4 cm³/mol. The molecule has 0 spiro atoms. The van der Waals surface area contributed by atoms with E-state index in [-0.39, 0.29) is 23.6 Å². The fourth-order valence-electron chi connectivity index (χ4n) is 2.45. The second kappa shape index (κ2) is 9.52. The summed E-state index contributed by atoms with van der Waals surface area (Å²) in [6, 6.07) is 9.98. The number of nitrogens with zero attached hydrogens (tertiary/aromatic N) is 2. The van der Waals surface area contributed by atoms with E-state index in [1.807, 2.05) is 51.1 Å². The average Bonchev–Trinajstić information content (AvgIpc) is 3.22. The molecule has 1 heterocycles. The van der Waals surface area contributed by atoms with E-state index < -0.39 is 0 Å². The molecule has 2 atom stereocenters. The van der Waals surface area contributed by atoms with Crippen LogP contribution in [0.1, 0.15) is 53.0 Å². The Labute approximate surface area is 145 Å². The molecule has 1 aliphatic heterocycles. The minimum absolute atomic E-state index is 0.0105. The van der Waals surface area contributed by atoms with Crippen LogP contribution < -0.4 is 5.73 Å². The highest BCUT2D eigenvalue weighted by molar-refractivity contribution is 5.71. The fraction of sp³-hybridized carbons (Fsp3) is 0.632. The molecule has 2 N–H and O–H groups in total. The van der Waals surface area contributed by atoms with Crippen LogP contribution in [0.2, 0.25) is 0 Å². The third-order valence-electron chi connectivity index (χ3n) is 3.60. The molecule has 0 saturated carbocycles. The van der Waals surface area contributed by atoms with Crippen LogP contribution in [0.5, 0.6) is 0 Å².